The number of rotatable bonds is 3. The van der Waals surface area contributed by atoms with Crippen molar-refractivity contribution in [2.75, 3.05) is 13.7 Å². The summed E-state index contributed by atoms with van der Waals surface area (Å²) >= 11 is 3.93. The molecule has 0 N–H and O–H groups in total. The standard InChI is InChI=1S/C5H10O2S/c1-4(6)5(8)3-7-2/h5,8H,3H2,1-2H3. The van der Waals surface area contributed by atoms with E-state index in [2.05, 4.69) is 17.4 Å². The van der Waals surface area contributed by atoms with Crippen LogP contribution in [0.3, 0.4) is 0 Å². The number of carbonyl (C=O) groups is 1. The third-order valence-corrected chi connectivity index (χ3v) is 1.31. The zero-order valence-electron chi connectivity index (χ0n) is 5.05. The van der Waals surface area contributed by atoms with Crippen LogP contribution in [0.25, 0.3) is 0 Å². The largest absolute Gasteiger partial charge is 0.383 e. The summed E-state index contributed by atoms with van der Waals surface area (Å²) in [6.45, 7) is 1.90. The number of methoxy groups -OCH3 is 1. The molecule has 1 atom stereocenters. The maximum absolute atomic E-state index is 10.4. The van der Waals surface area contributed by atoms with Gasteiger partial charge in [-0.1, -0.05) is 0 Å². The average Bonchev–Trinajstić information content (AvgIpc) is 1.67. The average molecular weight is 134 g/mol. The highest BCUT2D eigenvalue weighted by atomic mass is 32.1. The van der Waals surface area contributed by atoms with Crippen LogP contribution in [0.5, 0.6) is 0 Å². The van der Waals surface area contributed by atoms with Gasteiger partial charge < -0.3 is 4.74 Å². The van der Waals surface area contributed by atoms with Crippen LogP contribution in [0.2, 0.25) is 0 Å². The Morgan fingerprint density at radius 1 is 1.88 bits per heavy atom. The van der Waals surface area contributed by atoms with E-state index in [-0.39, 0.29) is 11.0 Å². The van der Waals surface area contributed by atoms with Gasteiger partial charge in [0.05, 0.1) is 11.9 Å². The van der Waals surface area contributed by atoms with Gasteiger partial charge in [0.15, 0.2) is 0 Å². The van der Waals surface area contributed by atoms with Crippen molar-refractivity contribution < 1.29 is 9.53 Å². The van der Waals surface area contributed by atoms with Crippen molar-refractivity contribution in [2.45, 2.75) is 12.2 Å². The molecule has 0 aromatic carbocycles. The van der Waals surface area contributed by atoms with Gasteiger partial charge in [0.25, 0.3) is 0 Å². The molecule has 48 valence electrons. The van der Waals surface area contributed by atoms with Gasteiger partial charge in [0, 0.05) is 7.11 Å². The molecule has 0 rings (SSSR count). The molecule has 1 unspecified atom stereocenters. The summed E-state index contributed by atoms with van der Waals surface area (Å²) in [6, 6.07) is 0. The van der Waals surface area contributed by atoms with Crippen molar-refractivity contribution in [1.29, 1.82) is 0 Å². The lowest BCUT2D eigenvalue weighted by Gasteiger charge is -2.01. The van der Waals surface area contributed by atoms with Gasteiger partial charge in [0.2, 0.25) is 0 Å². The first-order valence-electron chi connectivity index (χ1n) is 2.36. The van der Waals surface area contributed by atoms with Gasteiger partial charge in [0.1, 0.15) is 5.78 Å². The highest BCUT2D eigenvalue weighted by molar-refractivity contribution is 7.81. The number of hydrogen-bond acceptors (Lipinski definition) is 3. The summed E-state index contributed by atoms with van der Waals surface area (Å²) < 4.78 is 4.67. The summed E-state index contributed by atoms with van der Waals surface area (Å²) in [7, 11) is 1.55. The molecule has 0 radical (unpaired) electrons. The van der Waals surface area contributed by atoms with E-state index >= 15 is 0 Å². The molecular formula is C5H10O2S. The van der Waals surface area contributed by atoms with Crippen LogP contribution in [0.1, 0.15) is 6.92 Å². The first-order valence-corrected chi connectivity index (χ1v) is 2.87. The second-order valence-corrected chi connectivity index (χ2v) is 2.21. The summed E-state index contributed by atoms with van der Waals surface area (Å²) in [5.41, 5.74) is 0. The first-order chi connectivity index (χ1) is 3.68. The fourth-order valence-corrected chi connectivity index (χ4v) is 0.424. The Balaban J connectivity index is 3.32. The van der Waals surface area contributed by atoms with Gasteiger partial charge in [-0.05, 0) is 6.92 Å². The normalized spacial score (nSPS) is 13.4. The molecular weight excluding hydrogens is 124 g/mol. The molecule has 0 aromatic rings. The Kier molecular flexibility index (Phi) is 3.91. The predicted octanol–water partition coefficient (Wildman–Crippen LogP) is 0.520. The van der Waals surface area contributed by atoms with Crippen LogP contribution in [0, 0.1) is 0 Å². The van der Waals surface area contributed by atoms with Crippen LogP contribution in [-0.2, 0) is 9.53 Å². The second-order valence-electron chi connectivity index (χ2n) is 1.58. The molecule has 3 heteroatoms. The lowest BCUT2D eigenvalue weighted by Crippen LogP contribution is -2.16. The molecule has 8 heavy (non-hydrogen) atoms. The molecule has 0 heterocycles. The van der Waals surface area contributed by atoms with Crippen molar-refractivity contribution in [3.8, 4) is 0 Å². The molecule has 0 aliphatic rings. The molecule has 0 aromatic heterocycles. The van der Waals surface area contributed by atoms with Gasteiger partial charge in [-0.3, -0.25) is 4.79 Å². The smallest absolute Gasteiger partial charge is 0.144 e. The van der Waals surface area contributed by atoms with E-state index in [0.29, 0.717) is 6.61 Å². The van der Waals surface area contributed by atoms with E-state index in [1.807, 2.05) is 0 Å². The zero-order valence-corrected chi connectivity index (χ0v) is 5.94. The number of ketones is 1. The third kappa shape index (κ3) is 3.04. The molecule has 0 saturated heterocycles. The predicted molar refractivity (Wildman–Crippen MR) is 35.3 cm³/mol. The van der Waals surface area contributed by atoms with E-state index in [1.165, 1.54) is 6.92 Å². The van der Waals surface area contributed by atoms with Crippen molar-refractivity contribution in [2.24, 2.45) is 0 Å². The minimum Gasteiger partial charge on any atom is -0.383 e. The molecule has 0 bridgehead atoms. The van der Waals surface area contributed by atoms with E-state index in [1.54, 1.807) is 7.11 Å². The maximum Gasteiger partial charge on any atom is 0.144 e. The fraction of sp³-hybridized carbons (Fsp3) is 0.800. The Labute approximate surface area is 54.6 Å². The van der Waals surface area contributed by atoms with Crippen LogP contribution < -0.4 is 0 Å². The summed E-state index contributed by atoms with van der Waals surface area (Å²) in [4.78, 5) is 10.4. The Morgan fingerprint density at radius 2 is 2.38 bits per heavy atom. The van der Waals surface area contributed by atoms with Crippen molar-refractivity contribution in [1.82, 2.24) is 0 Å². The van der Waals surface area contributed by atoms with Crippen LogP contribution in [0.4, 0.5) is 0 Å². The first kappa shape index (κ1) is 7.98. The third-order valence-electron chi connectivity index (χ3n) is 0.794. The number of ether oxygens (including phenoxy) is 1. The lowest BCUT2D eigenvalue weighted by molar-refractivity contribution is -0.117. The number of carbonyl (C=O) groups excluding carboxylic acids is 1. The lowest BCUT2D eigenvalue weighted by atomic mass is 10.3. The SMILES string of the molecule is COCC(S)C(C)=O. The minimum absolute atomic E-state index is 0.0511. The van der Waals surface area contributed by atoms with E-state index in [0.717, 1.165) is 0 Å². The highest BCUT2D eigenvalue weighted by Gasteiger charge is 2.05. The fourth-order valence-electron chi connectivity index (χ4n) is 0.275. The Hall–Kier alpha value is -0.0200. The Morgan fingerprint density at radius 3 is 2.50 bits per heavy atom. The van der Waals surface area contributed by atoms with E-state index in [9.17, 15) is 4.79 Å². The van der Waals surface area contributed by atoms with E-state index < -0.39 is 0 Å². The summed E-state index contributed by atoms with van der Waals surface area (Å²) in [5.74, 6) is 0.0511. The molecule has 0 saturated carbocycles. The second kappa shape index (κ2) is 3.92. The van der Waals surface area contributed by atoms with Gasteiger partial charge >= 0.3 is 0 Å². The van der Waals surface area contributed by atoms with Gasteiger partial charge in [-0.15, -0.1) is 0 Å². The molecule has 0 amide bonds. The van der Waals surface area contributed by atoms with Crippen LogP contribution in [0.15, 0.2) is 0 Å². The van der Waals surface area contributed by atoms with E-state index in [4.69, 9.17) is 0 Å². The number of Topliss-reactive ketones (excluding diaryl/α,β-unsaturated/α-hetero) is 1. The van der Waals surface area contributed by atoms with Crippen molar-refractivity contribution in [3.63, 3.8) is 0 Å². The molecule has 0 aliphatic heterocycles. The van der Waals surface area contributed by atoms with Crippen LogP contribution in [-0.4, -0.2) is 24.7 Å². The summed E-state index contributed by atoms with van der Waals surface area (Å²) in [5, 5.41) is -0.250. The monoisotopic (exact) mass is 134 g/mol. The zero-order chi connectivity index (χ0) is 6.57. The number of thiol groups is 1. The quantitative estimate of drug-likeness (QED) is 0.569. The van der Waals surface area contributed by atoms with Gasteiger partial charge in [-0.2, -0.15) is 12.6 Å². The van der Waals surface area contributed by atoms with Crippen molar-refractivity contribution >= 4 is 18.4 Å². The van der Waals surface area contributed by atoms with Crippen LogP contribution >= 0.6 is 12.6 Å². The molecule has 0 aliphatic carbocycles. The topological polar surface area (TPSA) is 26.3 Å². The highest BCUT2D eigenvalue weighted by Crippen LogP contribution is 1.94. The van der Waals surface area contributed by atoms with Gasteiger partial charge in [-0.25, -0.2) is 0 Å². The summed E-state index contributed by atoms with van der Waals surface area (Å²) in [6.07, 6.45) is 0. The maximum atomic E-state index is 10.4. The molecule has 0 fully saturated rings. The van der Waals surface area contributed by atoms with Crippen molar-refractivity contribution in [3.05, 3.63) is 0 Å². The minimum atomic E-state index is -0.250. The molecule has 2 nitrogen and oxygen atoms in total. The molecule has 0 spiro atoms. The number of hydrogen-bond donors (Lipinski definition) is 1. The Bertz CT molecular complexity index is 82.5.